The third-order valence-corrected chi connectivity index (χ3v) is 4.86. The lowest BCUT2D eigenvalue weighted by Gasteiger charge is -2.18. The van der Waals surface area contributed by atoms with E-state index in [0.29, 0.717) is 19.6 Å². The van der Waals surface area contributed by atoms with Crippen LogP contribution < -0.4 is 0 Å². The van der Waals surface area contributed by atoms with Crippen molar-refractivity contribution in [3.8, 4) is 11.5 Å². The average Bonchev–Trinajstić information content (AvgIpc) is 3.32. The molecule has 4 rings (SSSR count). The Balaban J connectivity index is 1.67. The second-order valence-electron chi connectivity index (χ2n) is 7.37. The summed E-state index contributed by atoms with van der Waals surface area (Å²) >= 11 is 0. The summed E-state index contributed by atoms with van der Waals surface area (Å²) in [6.07, 6.45) is 1.26. The van der Waals surface area contributed by atoms with E-state index in [2.05, 4.69) is 12.1 Å². The summed E-state index contributed by atoms with van der Waals surface area (Å²) in [5.74, 6) is 0.726. The zero-order valence-corrected chi connectivity index (χ0v) is 16.4. The van der Waals surface area contributed by atoms with E-state index >= 15 is 0 Å². The van der Waals surface area contributed by atoms with E-state index in [-0.39, 0.29) is 6.61 Å². The van der Waals surface area contributed by atoms with Gasteiger partial charge in [-0.25, -0.2) is 0 Å². The van der Waals surface area contributed by atoms with Crippen molar-refractivity contribution in [1.29, 1.82) is 0 Å². The molecule has 0 radical (unpaired) electrons. The predicted molar refractivity (Wildman–Crippen MR) is 112 cm³/mol. The Hall–Kier alpha value is -2.93. The lowest BCUT2D eigenvalue weighted by molar-refractivity contribution is 0.0648. The number of benzene rings is 2. The smallest absolute Gasteiger partial charge is 0.156 e. The molecule has 4 aromatic rings. The average molecular weight is 391 g/mol. The van der Waals surface area contributed by atoms with Crippen LogP contribution in [0.4, 0.5) is 0 Å². The summed E-state index contributed by atoms with van der Waals surface area (Å²) in [7, 11) is 1.91. The van der Waals surface area contributed by atoms with Crippen LogP contribution in [0.1, 0.15) is 11.1 Å². The maximum Gasteiger partial charge on any atom is 0.156 e. The number of fused-ring (bicyclic) bond motifs is 1. The van der Waals surface area contributed by atoms with Crippen LogP contribution in [0.25, 0.3) is 22.4 Å². The molecule has 0 unspecified atom stereocenters. The second-order valence-corrected chi connectivity index (χ2v) is 7.37. The van der Waals surface area contributed by atoms with Gasteiger partial charge in [0.05, 0.1) is 19.3 Å². The fraction of sp³-hybridized carbons (Fsp3) is 0.261. The molecule has 29 heavy (non-hydrogen) atoms. The lowest BCUT2D eigenvalue weighted by atomic mass is 10.1. The molecular formula is C23H25N3O3. The molecule has 0 aliphatic rings. The van der Waals surface area contributed by atoms with Gasteiger partial charge in [0.1, 0.15) is 11.3 Å². The van der Waals surface area contributed by atoms with Crippen LogP contribution in [0.3, 0.4) is 0 Å². The Bertz CT molecular complexity index is 1040. The Morgan fingerprint density at radius 2 is 1.86 bits per heavy atom. The van der Waals surface area contributed by atoms with Crippen LogP contribution in [0.15, 0.2) is 71.3 Å². The number of rotatable bonds is 8. The summed E-state index contributed by atoms with van der Waals surface area (Å²) in [6, 6.07) is 20.1. The van der Waals surface area contributed by atoms with E-state index in [4.69, 9.17) is 14.6 Å². The van der Waals surface area contributed by atoms with E-state index in [1.807, 2.05) is 71.4 Å². The molecule has 0 saturated carbocycles. The highest BCUT2D eigenvalue weighted by molar-refractivity contribution is 5.82. The molecule has 2 aromatic carbocycles. The van der Waals surface area contributed by atoms with E-state index in [0.717, 1.165) is 28.0 Å². The van der Waals surface area contributed by atoms with Gasteiger partial charge < -0.3 is 14.6 Å². The Morgan fingerprint density at radius 3 is 2.62 bits per heavy atom. The van der Waals surface area contributed by atoms with E-state index in [1.54, 1.807) is 0 Å². The summed E-state index contributed by atoms with van der Waals surface area (Å²) in [5, 5.41) is 24.7. The fourth-order valence-electron chi connectivity index (χ4n) is 3.51. The quantitative estimate of drug-likeness (QED) is 0.483. The number of furan rings is 1. The number of aliphatic hydroxyl groups excluding tert-OH is 2. The molecular weight excluding hydrogens is 366 g/mol. The lowest BCUT2D eigenvalue weighted by Crippen LogP contribution is -2.31. The third-order valence-electron chi connectivity index (χ3n) is 4.86. The molecule has 6 nitrogen and oxygen atoms in total. The largest absolute Gasteiger partial charge is 0.454 e. The van der Waals surface area contributed by atoms with Crippen LogP contribution >= 0.6 is 0 Å². The molecule has 0 aliphatic heterocycles. The number of aromatic nitrogens is 2. The second kappa shape index (κ2) is 8.61. The van der Waals surface area contributed by atoms with Crippen molar-refractivity contribution in [3.05, 3.63) is 78.0 Å². The first kappa shape index (κ1) is 19.4. The number of hydrogen-bond donors (Lipinski definition) is 2. The number of likely N-dealkylation sites (N-methyl/N-ethyl adjacent to an activating group) is 1. The molecule has 1 atom stereocenters. The summed E-state index contributed by atoms with van der Waals surface area (Å²) in [5.41, 5.74) is 3.80. The van der Waals surface area contributed by atoms with Crippen LogP contribution in [-0.4, -0.2) is 51.2 Å². The Kier molecular flexibility index (Phi) is 5.76. The fourth-order valence-corrected chi connectivity index (χ4v) is 3.51. The highest BCUT2D eigenvalue weighted by atomic mass is 16.3. The molecule has 0 amide bonds. The zero-order valence-electron chi connectivity index (χ0n) is 16.4. The first-order valence-corrected chi connectivity index (χ1v) is 9.69. The molecule has 2 aromatic heterocycles. The van der Waals surface area contributed by atoms with E-state index in [1.165, 1.54) is 5.56 Å². The van der Waals surface area contributed by atoms with E-state index in [9.17, 15) is 5.11 Å². The predicted octanol–water partition coefficient (Wildman–Crippen LogP) is 3.13. The van der Waals surface area contributed by atoms with Gasteiger partial charge in [0.25, 0.3) is 0 Å². The van der Waals surface area contributed by atoms with Gasteiger partial charge in [-0.2, -0.15) is 5.10 Å². The van der Waals surface area contributed by atoms with Gasteiger partial charge in [0.2, 0.25) is 0 Å². The van der Waals surface area contributed by atoms with Gasteiger partial charge in [0, 0.05) is 30.2 Å². The van der Waals surface area contributed by atoms with Crippen molar-refractivity contribution in [2.24, 2.45) is 0 Å². The summed E-state index contributed by atoms with van der Waals surface area (Å²) in [6.45, 7) is 1.36. The highest BCUT2D eigenvalue weighted by Gasteiger charge is 2.18. The van der Waals surface area contributed by atoms with Gasteiger partial charge >= 0.3 is 0 Å². The van der Waals surface area contributed by atoms with Crippen LogP contribution in [-0.2, 0) is 13.1 Å². The van der Waals surface area contributed by atoms with Gasteiger partial charge in [-0.15, -0.1) is 0 Å². The van der Waals surface area contributed by atoms with Gasteiger partial charge in [-0.05, 0) is 24.7 Å². The molecule has 0 spiro atoms. The van der Waals surface area contributed by atoms with E-state index < -0.39 is 6.10 Å². The molecule has 2 N–H and O–H groups in total. The number of nitrogens with zero attached hydrogens (tertiary/aromatic N) is 3. The van der Waals surface area contributed by atoms with Crippen molar-refractivity contribution >= 4 is 11.0 Å². The molecule has 0 saturated heterocycles. The highest BCUT2D eigenvalue weighted by Crippen LogP contribution is 2.30. The van der Waals surface area contributed by atoms with Crippen LogP contribution in [0, 0.1) is 0 Å². The van der Waals surface area contributed by atoms with Gasteiger partial charge in [-0.3, -0.25) is 9.58 Å². The van der Waals surface area contributed by atoms with Gasteiger partial charge in [0.15, 0.2) is 5.76 Å². The zero-order chi connectivity index (χ0) is 20.2. The number of para-hydroxylation sites is 1. The molecule has 0 bridgehead atoms. The molecule has 150 valence electrons. The summed E-state index contributed by atoms with van der Waals surface area (Å²) < 4.78 is 7.98. The summed E-state index contributed by atoms with van der Waals surface area (Å²) in [4.78, 5) is 1.97. The molecule has 0 fully saturated rings. The first-order chi connectivity index (χ1) is 14.1. The molecule has 0 aliphatic carbocycles. The standard InChI is InChI=1S/C23H25N3O3/c1-25(15-20(28)16-27)13-19-14-26(12-17-7-3-2-4-8-17)24-23(19)22-11-18-9-5-6-10-21(18)29-22/h2-11,14,20,27-28H,12-13,15-16H2,1H3/t20-/m1/s1. The number of aliphatic hydroxyl groups is 2. The Morgan fingerprint density at radius 1 is 1.10 bits per heavy atom. The van der Waals surface area contributed by atoms with Crippen molar-refractivity contribution in [2.45, 2.75) is 19.2 Å². The van der Waals surface area contributed by atoms with Crippen molar-refractivity contribution in [3.63, 3.8) is 0 Å². The van der Waals surface area contributed by atoms with Crippen molar-refractivity contribution in [2.75, 3.05) is 20.2 Å². The number of hydrogen-bond acceptors (Lipinski definition) is 5. The maximum absolute atomic E-state index is 9.76. The topological polar surface area (TPSA) is 74.7 Å². The van der Waals surface area contributed by atoms with Crippen LogP contribution in [0.5, 0.6) is 0 Å². The minimum atomic E-state index is -0.769. The van der Waals surface area contributed by atoms with Crippen LogP contribution in [0.2, 0.25) is 0 Å². The normalized spacial score (nSPS) is 12.7. The SMILES string of the molecule is CN(Cc1cn(Cc2ccccc2)nc1-c1cc2ccccc2o1)C[C@@H](O)CO. The first-order valence-electron chi connectivity index (χ1n) is 9.69. The Labute approximate surface area is 169 Å². The van der Waals surface area contributed by atoms with Gasteiger partial charge in [-0.1, -0.05) is 48.5 Å². The molecule has 2 heterocycles. The maximum atomic E-state index is 9.76. The minimum absolute atomic E-state index is 0.256. The minimum Gasteiger partial charge on any atom is -0.454 e. The molecule has 6 heteroatoms. The third kappa shape index (κ3) is 4.56. The monoisotopic (exact) mass is 391 g/mol. The van der Waals surface area contributed by atoms with Crippen molar-refractivity contribution in [1.82, 2.24) is 14.7 Å². The van der Waals surface area contributed by atoms with Crippen molar-refractivity contribution < 1.29 is 14.6 Å².